The van der Waals surface area contributed by atoms with Crippen molar-refractivity contribution < 1.29 is 0 Å². The van der Waals surface area contributed by atoms with E-state index in [1.807, 2.05) is 0 Å². The van der Waals surface area contributed by atoms with Gasteiger partial charge in [0, 0.05) is 6.04 Å². The number of hydrogen-bond acceptors (Lipinski definition) is 3. The molecule has 0 aromatic carbocycles. The van der Waals surface area contributed by atoms with Crippen LogP contribution in [0.4, 0.5) is 0 Å². The largest absolute Gasteiger partial charge is 0.370 e. The summed E-state index contributed by atoms with van der Waals surface area (Å²) in [5, 5.41) is 9.74. The highest BCUT2D eigenvalue weighted by Crippen LogP contribution is 2.16. The van der Waals surface area contributed by atoms with E-state index in [1.54, 1.807) is 0 Å². The Morgan fingerprint density at radius 3 is 3.00 bits per heavy atom. The second kappa shape index (κ2) is 5.48. The molecule has 6 nitrogen and oxygen atoms in total. The molecule has 0 radical (unpaired) electrons. The topological polar surface area (TPSA) is 92.0 Å². The fourth-order valence-corrected chi connectivity index (χ4v) is 1.97. The molecule has 0 spiro atoms. The molecule has 16 heavy (non-hydrogen) atoms. The SMILES string of the molecule is NC(=NCc1ncn[nH]1)NC1CCCCC1. The van der Waals surface area contributed by atoms with E-state index >= 15 is 0 Å². The van der Waals surface area contributed by atoms with Crippen LogP contribution in [-0.2, 0) is 6.54 Å². The van der Waals surface area contributed by atoms with E-state index in [0.717, 1.165) is 5.82 Å². The van der Waals surface area contributed by atoms with E-state index in [1.165, 1.54) is 38.4 Å². The molecule has 1 fully saturated rings. The minimum absolute atomic E-state index is 0.450. The third-order valence-electron chi connectivity index (χ3n) is 2.82. The van der Waals surface area contributed by atoms with Crippen LogP contribution in [0.15, 0.2) is 11.3 Å². The zero-order chi connectivity index (χ0) is 11.2. The van der Waals surface area contributed by atoms with Gasteiger partial charge in [0.25, 0.3) is 0 Å². The molecule has 2 rings (SSSR count). The second-order valence-corrected chi connectivity index (χ2v) is 4.11. The molecule has 1 heterocycles. The predicted octanol–water partition coefficient (Wildman–Crippen LogP) is 0.542. The summed E-state index contributed by atoms with van der Waals surface area (Å²) >= 11 is 0. The first kappa shape index (κ1) is 10.9. The molecule has 1 aromatic heterocycles. The second-order valence-electron chi connectivity index (χ2n) is 4.11. The summed E-state index contributed by atoms with van der Waals surface area (Å²) in [5.74, 6) is 1.23. The Balaban J connectivity index is 1.77. The fraction of sp³-hybridized carbons (Fsp3) is 0.700. The number of rotatable bonds is 3. The van der Waals surface area contributed by atoms with Gasteiger partial charge in [-0.2, -0.15) is 5.10 Å². The van der Waals surface area contributed by atoms with Crippen LogP contribution < -0.4 is 11.1 Å². The molecule has 4 N–H and O–H groups in total. The summed E-state index contributed by atoms with van der Waals surface area (Å²) in [5.41, 5.74) is 5.80. The van der Waals surface area contributed by atoms with Gasteiger partial charge in [0.1, 0.15) is 18.7 Å². The molecule has 1 aliphatic rings. The number of H-pyrrole nitrogens is 1. The van der Waals surface area contributed by atoms with Gasteiger partial charge in [0.15, 0.2) is 5.96 Å². The highest BCUT2D eigenvalue weighted by molar-refractivity contribution is 5.78. The smallest absolute Gasteiger partial charge is 0.189 e. The van der Waals surface area contributed by atoms with E-state index in [4.69, 9.17) is 5.73 Å². The molecule has 0 unspecified atom stereocenters. The van der Waals surface area contributed by atoms with Crippen molar-refractivity contribution in [2.24, 2.45) is 10.7 Å². The molecule has 0 aliphatic heterocycles. The third-order valence-corrected chi connectivity index (χ3v) is 2.82. The molecule has 88 valence electrons. The third kappa shape index (κ3) is 3.22. The number of nitrogens with zero attached hydrogens (tertiary/aromatic N) is 3. The highest BCUT2D eigenvalue weighted by atomic mass is 15.2. The first-order valence-electron chi connectivity index (χ1n) is 5.75. The molecule has 0 saturated heterocycles. The Bertz CT molecular complexity index is 325. The fourth-order valence-electron chi connectivity index (χ4n) is 1.97. The van der Waals surface area contributed by atoms with Crippen molar-refractivity contribution >= 4 is 5.96 Å². The average Bonchev–Trinajstić information content (AvgIpc) is 2.81. The maximum atomic E-state index is 5.80. The van der Waals surface area contributed by atoms with Crippen molar-refractivity contribution in [1.29, 1.82) is 0 Å². The Hall–Kier alpha value is -1.59. The van der Waals surface area contributed by atoms with Crippen molar-refractivity contribution in [3.05, 3.63) is 12.2 Å². The quantitative estimate of drug-likeness (QED) is 0.514. The van der Waals surface area contributed by atoms with Crippen molar-refractivity contribution in [3.8, 4) is 0 Å². The number of aliphatic imine (C=N–C) groups is 1. The van der Waals surface area contributed by atoms with Gasteiger partial charge in [-0.1, -0.05) is 19.3 Å². The van der Waals surface area contributed by atoms with Crippen LogP contribution in [0, 0.1) is 0 Å². The Morgan fingerprint density at radius 1 is 1.50 bits per heavy atom. The Morgan fingerprint density at radius 2 is 2.31 bits per heavy atom. The predicted molar refractivity (Wildman–Crippen MR) is 61.7 cm³/mol. The Kier molecular flexibility index (Phi) is 3.74. The van der Waals surface area contributed by atoms with Crippen LogP contribution in [0.1, 0.15) is 37.9 Å². The molecular formula is C10H18N6. The van der Waals surface area contributed by atoms with E-state index in [9.17, 15) is 0 Å². The van der Waals surface area contributed by atoms with Crippen LogP contribution >= 0.6 is 0 Å². The minimum atomic E-state index is 0.450. The van der Waals surface area contributed by atoms with Crippen LogP contribution in [0.2, 0.25) is 0 Å². The van der Waals surface area contributed by atoms with Gasteiger partial charge < -0.3 is 11.1 Å². The highest BCUT2D eigenvalue weighted by Gasteiger charge is 2.13. The summed E-state index contributed by atoms with van der Waals surface area (Å²) in [6.07, 6.45) is 7.76. The van der Waals surface area contributed by atoms with E-state index in [0.29, 0.717) is 18.5 Å². The standard InChI is InChI=1S/C10H18N6/c11-10(12-6-9-13-7-14-16-9)15-8-4-2-1-3-5-8/h7-8H,1-6H2,(H3,11,12,15)(H,13,14,16). The number of aromatic nitrogens is 3. The molecule has 1 aliphatic carbocycles. The molecule has 0 atom stereocenters. The monoisotopic (exact) mass is 222 g/mol. The number of aromatic amines is 1. The maximum absolute atomic E-state index is 5.80. The molecule has 1 saturated carbocycles. The molecular weight excluding hydrogens is 204 g/mol. The van der Waals surface area contributed by atoms with Gasteiger partial charge in [-0.15, -0.1) is 0 Å². The van der Waals surface area contributed by atoms with Crippen LogP contribution in [-0.4, -0.2) is 27.2 Å². The summed E-state index contributed by atoms with van der Waals surface area (Å²) < 4.78 is 0. The van der Waals surface area contributed by atoms with Crippen molar-refractivity contribution in [2.45, 2.75) is 44.7 Å². The minimum Gasteiger partial charge on any atom is -0.370 e. The lowest BCUT2D eigenvalue weighted by molar-refractivity contribution is 0.412. The van der Waals surface area contributed by atoms with Crippen molar-refractivity contribution in [3.63, 3.8) is 0 Å². The van der Waals surface area contributed by atoms with E-state index in [2.05, 4.69) is 25.5 Å². The molecule has 1 aromatic rings. The lowest BCUT2D eigenvalue weighted by Gasteiger charge is -2.23. The van der Waals surface area contributed by atoms with Gasteiger partial charge in [-0.25, -0.2) is 9.98 Å². The van der Waals surface area contributed by atoms with Gasteiger partial charge in [0.05, 0.1) is 0 Å². The van der Waals surface area contributed by atoms with E-state index < -0.39 is 0 Å². The van der Waals surface area contributed by atoms with E-state index in [-0.39, 0.29) is 0 Å². The number of nitrogens with one attached hydrogen (secondary N) is 2. The first-order valence-corrected chi connectivity index (χ1v) is 5.75. The summed E-state index contributed by atoms with van der Waals surface area (Å²) in [4.78, 5) is 8.19. The summed E-state index contributed by atoms with van der Waals surface area (Å²) in [6, 6.07) is 0.493. The van der Waals surface area contributed by atoms with Crippen LogP contribution in [0.5, 0.6) is 0 Å². The molecule has 0 bridgehead atoms. The van der Waals surface area contributed by atoms with Crippen LogP contribution in [0.3, 0.4) is 0 Å². The molecule has 0 amide bonds. The number of guanidine groups is 1. The van der Waals surface area contributed by atoms with Gasteiger partial charge in [0.2, 0.25) is 0 Å². The lowest BCUT2D eigenvalue weighted by Crippen LogP contribution is -2.41. The zero-order valence-electron chi connectivity index (χ0n) is 9.32. The van der Waals surface area contributed by atoms with Crippen molar-refractivity contribution in [1.82, 2.24) is 20.5 Å². The summed E-state index contributed by atoms with van der Waals surface area (Å²) in [6.45, 7) is 0.450. The van der Waals surface area contributed by atoms with Crippen LogP contribution in [0.25, 0.3) is 0 Å². The normalized spacial score (nSPS) is 18.6. The Labute approximate surface area is 94.7 Å². The maximum Gasteiger partial charge on any atom is 0.189 e. The van der Waals surface area contributed by atoms with Gasteiger partial charge >= 0.3 is 0 Å². The van der Waals surface area contributed by atoms with Gasteiger partial charge in [-0.05, 0) is 12.8 Å². The lowest BCUT2D eigenvalue weighted by atomic mass is 9.96. The number of nitrogens with two attached hydrogens (primary N) is 1. The average molecular weight is 222 g/mol. The van der Waals surface area contributed by atoms with Crippen molar-refractivity contribution in [2.75, 3.05) is 0 Å². The van der Waals surface area contributed by atoms with Gasteiger partial charge in [-0.3, -0.25) is 5.10 Å². The number of hydrogen-bond donors (Lipinski definition) is 3. The first-order chi connectivity index (χ1) is 7.84. The summed E-state index contributed by atoms with van der Waals surface area (Å²) in [7, 11) is 0. The zero-order valence-corrected chi connectivity index (χ0v) is 9.32. The molecule has 6 heteroatoms.